The second-order valence-electron chi connectivity index (χ2n) is 8.19. The van der Waals surface area contributed by atoms with Crippen LogP contribution < -0.4 is 9.46 Å². The lowest BCUT2D eigenvalue weighted by molar-refractivity contribution is -0.136. The number of para-hydroxylation sites is 1. The molecule has 0 radical (unpaired) electrons. The van der Waals surface area contributed by atoms with Gasteiger partial charge in [0.25, 0.3) is 5.91 Å². The molecule has 3 heterocycles. The molecule has 1 aliphatic carbocycles. The molecule has 3 aliphatic heterocycles. The Kier molecular flexibility index (Phi) is 5.81. The van der Waals surface area contributed by atoms with Crippen molar-refractivity contribution in [3.8, 4) is 5.75 Å². The van der Waals surface area contributed by atoms with E-state index in [4.69, 9.17) is 9.47 Å². The third-order valence-electron chi connectivity index (χ3n) is 6.19. The number of rotatable bonds is 2. The number of nitrogens with one attached hydrogen (secondary N) is 1. The third kappa shape index (κ3) is 4.57. The van der Waals surface area contributed by atoms with Gasteiger partial charge in [-0.15, -0.1) is 0 Å². The quantitative estimate of drug-likeness (QED) is 0.779. The summed E-state index contributed by atoms with van der Waals surface area (Å²) in [6.07, 6.45) is 5.07. The lowest BCUT2D eigenvalue weighted by atomic mass is 9.82. The van der Waals surface area contributed by atoms with E-state index in [0.29, 0.717) is 13.0 Å². The number of fused-ring (bicyclic) bond motifs is 5. The monoisotopic (exact) mass is 426 g/mol. The van der Waals surface area contributed by atoms with Crippen LogP contribution in [0, 0.1) is 5.82 Å². The first-order valence-electron chi connectivity index (χ1n) is 10.1. The molecular weight excluding hydrogens is 399 g/mol. The van der Waals surface area contributed by atoms with Gasteiger partial charge in [0.05, 0.1) is 25.0 Å². The van der Waals surface area contributed by atoms with Gasteiger partial charge in [0.2, 0.25) is 10.0 Å². The van der Waals surface area contributed by atoms with E-state index < -0.39 is 27.9 Å². The van der Waals surface area contributed by atoms with Crippen LogP contribution in [-0.4, -0.2) is 63.4 Å². The molecule has 9 heteroatoms. The summed E-state index contributed by atoms with van der Waals surface area (Å²) in [6, 6.07) is 4.09. The molecule has 1 N–H and O–H groups in total. The van der Waals surface area contributed by atoms with Gasteiger partial charge >= 0.3 is 0 Å². The summed E-state index contributed by atoms with van der Waals surface area (Å²) >= 11 is 0. The Hall–Kier alpha value is -1.71. The number of benzene rings is 1. The summed E-state index contributed by atoms with van der Waals surface area (Å²) < 4.78 is 52.4. The summed E-state index contributed by atoms with van der Waals surface area (Å²) in [6.45, 7) is 0.391. The molecule has 1 amide bonds. The highest BCUT2D eigenvalue weighted by Gasteiger charge is 2.40. The van der Waals surface area contributed by atoms with Gasteiger partial charge in [-0.1, -0.05) is 12.1 Å². The van der Waals surface area contributed by atoms with Crippen molar-refractivity contribution in [1.82, 2.24) is 9.62 Å². The highest BCUT2D eigenvalue weighted by molar-refractivity contribution is 7.88. The van der Waals surface area contributed by atoms with Crippen LogP contribution in [0.1, 0.15) is 43.6 Å². The van der Waals surface area contributed by atoms with Gasteiger partial charge in [0.15, 0.2) is 18.2 Å². The summed E-state index contributed by atoms with van der Waals surface area (Å²) in [5.41, 5.74) is 0.810. The van der Waals surface area contributed by atoms with Crippen LogP contribution in [0.2, 0.25) is 0 Å². The number of halogens is 1. The molecule has 4 aliphatic rings. The maximum Gasteiger partial charge on any atom is 0.260 e. The molecule has 7 nitrogen and oxygen atoms in total. The van der Waals surface area contributed by atoms with Gasteiger partial charge < -0.3 is 14.4 Å². The molecule has 0 unspecified atom stereocenters. The van der Waals surface area contributed by atoms with Crippen molar-refractivity contribution in [2.24, 2.45) is 0 Å². The van der Waals surface area contributed by atoms with E-state index >= 15 is 0 Å². The number of amides is 1. The van der Waals surface area contributed by atoms with Crippen LogP contribution in [0.15, 0.2) is 18.2 Å². The highest BCUT2D eigenvalue weighted by atomic mass is 32.2. The van der Waals surface area contributed by atoms with Gasteiger partial charge in [0, 0.05) is 18.2 Å². The third-order valence-corrected chi connectivity index (χ3v) is 6.92. The smallest absolute Gasteiger partial charge is 0.260 e. The molecule has 2 atom stereocenters. The lowest BCUT2D eigenvalue weighted by Crippen LogP contribution is -2.50. The van der Waals surface area contributed by atoms with E-state index in [9.17, 15) is 17.6 Å². The maximum atomic E-state index is 14.5. The summed E-state index contributed by atoms with van der Waals surface area (Å²) in [5.74, 6) is -0.419. The van der Waals surface area contributed by atoms with E-state index in [0.717, 1.165) is 37.5 Å². The molecule has 0 aromatic heterocycles. The summed E-state index contributed by atoms with van der Waals surface area (Å²) in [7, 11) is -3.41. The number of hydrogen-bond acceptors (Lipinski definition) is 5. The zero-order valence-corrected chi connectivity index (χ0v) is 17.3. The second-order valence-corrected chi connectivity index (χ2v) is 9.97. The minimum absolute atomic E-state index is 0.0568. The molecule has 1 aromatic carbocycles. The Morgan fingerprint density at radius 1 is 1.17 bits per heavy atom. The zero-order valence-electron chi connectivity index (χ0n) is 16.5. The Bertz CT molecular complexity index is 870. The number of sulfonamides is 1. The average Bonchev–Trinajstić information content (AvgIpc) is 3.06. The van der Waals surface area contributed by atoms with Gasteiger partial charge in [-0.25, -0.2) is 17.5 Å². The molecule has 2 bridgehead atoms. The van der Waals surface area contributed by atoms with Crippen molar-refractivity contribution in [2.75, 3.05) is 26.0 Å². The van der Waals surface area contributed by atoms with E-state index in [1.165, 1.54) is 6.07 Å². The number of nitrogens with zero attached hydrogens (tertiary/aromatic N) is 1. The summed E-state index contributed by atoms with van der Waals surface area (Å²) in [4.78, 5) is 14.5. The number of hydrogen-bond donors (Lipinski definition) is 1. The van der Waals surface area contributed by atoms with Crippen LogP contribution >= 0.6 is 0 Å². The molecular formula is C20H27FN2O5S. The van der Waals surface area contributed by atoms with Crippen molar-refractivity contribution in [2.45, 2.75) is 56.2 Å². The van der Waals surface area contributed by atoms with Crippen LogP contribution in [0.4, 0.5) is 4.39 Å². The van der Waals surface area contributed by atoms with Gasteiger partial charge in [-0.05, 0) is 44.1 Å². The number of ether oxygens (including phenoxy) is 2. The molecule has 0 spiro atoms. The van der Waals surface area contributed by atoms with Crippen LogP contribution in [0.3, 0.4) is 0 Å². The minimum atomic E-state index is -3.41. The molecule has 5 rings (SSSR count). The normalized spacial score (nSPS) is 30.6. The predicted molar refractivity (Wildman–Crippen MR) is 105 cm³/mol. The largest absolute Gasteiger partial charge is 0.480 e. The van der Waals surface area contributed by atoms with Crippen molar-refractivity contribution in [3.05, 3.63) is 29.6 Å². The van der Waals surface area contributed by atoms with Crippen molar-refractivity contribution >= 4 is 15.9 Å². The molecule has 2 fully saturated rings. The Morgan fingerprint density at radius 2 is 1.93 bits per heavy atom. The fraction of sp³-hybridized carbons (Fsp3) is 0.650. The Morgan fingerprint density at radius 3 is 2.66 bits per heavy atom. The van der Waals surface area contributed by atoms with Gasteiger partial charge in [-0.3, -0.25) is 4.79 Å². The molecule has 1 aromatic rings. The fourth-order valence-corrected chi connectivity index (χ4v) is 5.60. The van der Waals surface area contributed by atoms with E-state index in [2.05, 4.69) is 4.72 Å². The van der Waals surface area contributed by atoms with Crippen LogP contribution in [-0.2, 0) is 19.6 Å². The zero-order chi connectivity index (χ0) is 20.6. The van der Waals surface area contributed by atoms with Crippen LogP contribution in [0.5, 0.6) is 5.75 Å². The first-order chi connectivity index (χ1) is 13.8. The molecule has 29 heavy (non-hydrogen) atoms. The summed E-state index contributed by atoms with van der Waals surface area (Å²) in [5, 5.41) is 0. The van der Waals surface area contributed by atoms with E-state index in [1.807, 2.05) is 6.07 Å². The van der Waals surface area contributed by atoms with Crippen molar-refractivity contribution in [3.63, 3.8) is 0 Å². The fourth-order valence-electron chi connectivity index (χ4n) is 4.77. The SMILES string of the molecule is CS(=O)(=O)N[C@H]1CCN2C(=O)COc3c(F)cccc3C3CCC(CC3)OC[C@@H]12. The second kappa shape index (κ2) is 8.20. The number of carbonyl (C=O) groups is 1. The number of carbonyl (C=O) groups excluding carboxylic acids is 1. The Balaban J connectivity index is 1.62. The van der Waals surface area contributed by atoms with Crippen molar-refractivity contribution in [1.29, 1.82) is 0 Å². The van der Waals surface area contributed by atoms with Crippen molar-refractivity contribution < 1.29 is 27.1 Å². The van der Waals surface area contributed by atoms with Gasteiger partial charge in [-0.2, -0.15) is 0 Å². The lowest BCUT2D eigenvalue weighted by Gasteiger charge is -2.32. The first kappa shape index (κ1) is 20.6. The van der Waals surface area contributed by atoms with Crippen LogP contribution in [0.25, 0.3) is 0 Å². The van der Waals surface area contributed by atoms with E-state index in [-0.39, 0.29) is 36.9 Å². The standard InChI is InChI=1S/C20H27FN2O5S/c1-29(25,26)22-17-9-10-23-18(17)11-27-14-7-5-13(6-8-14)15-3-2-4-16(21)20(15)28-12-19(23)24/h2-4,13-14,17-18,22H,5-12H2,1H3/t13?,14?,17-,18-/m0/s1. The predicted octanol–water partition coefficient (Wildman–Crippen LogP) is 1.78. The Labute approximate surface area is 170 Å². The van der Waals surface area contributed by atoms with Gasteiger partial charge in [0.1, 0.15) is 0 Å². The first-order valence-corrected chi connectivity index (χ1v) is 12.0. The topological polar surface area (TPSA) is 84.9 Å². The molecule has 160 valence electrons. The average molecular weight is 427 g/mol. The van der Waals surface area contributed by atoms with E-state index in [1.54, 1.807) is 11.0 Å². The maximum absolute atomic E-state index is 14.5. The minimum Gasteiger partial charge on any atom is -0.480 e. The molecule has 1 saturated carbocycles. The highest BCUT2D eigenvalue weighted by Crippen LogP contribution is 2.40. The molecule has 1 saturated heterocycles.